The van der Waals surface area contributed by atoms with Crippen LogP contribution in [0.25, 0.3) is 0 Å². The topological polar surface area (TPSA) is 29.3 Å². The van der Waals surface area contributed by atoms with Crippen LogP contribution in [-0.2, 0) is 0 Å². The molecule has 0 amide bonds. The van der Waals surface area contributed by atoms with E-state index in [-0.39, 0.29) is 23.6 Å². The standard InChI is InChI=1S/C9H17F3N2S/c1-14(4-5-15-9(10,11)12)8(6-13)7-2-3-7/h7-8H,2-6,13H2,1H3. The average Bonchev–Trinajstić information content (AvgIpc) is 2.87. The SMILES string of the molecule is CN(CCSC(F)(F)F)C(CN)C1CC1. The van der Waals surface area contributed by atoms with Crippen LogP contribution in [0, 0.1) is 5.92 Å². The van der Waals surface area contributed by atoms with Gasteiger partial charge in [-0.15, -0.1) is 0 Å². The van der Waals surface area contributed by atoms with Crippen molar-refractivity contribution < 1.29 is 13.2 Å². The van der Waals surface area contributed by atoms with E-state index in [2.05, 4.69) is 0 Å². The Kier molecular flexibility index (Phi) is 4.73. The Bertz CT molecular complexity index is 194. The van der Waals surface area contributed by atoms with Crippen molar-refractivity contribution in [3.63, 3.8) is 0 Å². The molecule has 15 heavy (non-hydrogen) atoms. The predicted molar refractivity (Wildman–Crippen MR) is 56.7 cm³/mol. The monoisotopic (exact) mass is 242 g/mol. The maximum absolute atomic E-state index is 11.9. The van der Waals surface area contributed by atoms with Gasteiger partial charge in [0, 0.05) is 24.9 Å². The van der Waals surface area contributed by atoms with Crippen molar-refractivity contribution in [2.24, 2.45) is 11.7 Å². The van der Waals surface area contributed by atoms with Crippen LogP contribution in [-0.4, -0.2) is 42.3 Å². The van der Waals surface area contributed by atoms with Crippen LogP contribution in [0.1, 0.15) is 12.8 Å². The Labute approximate surface area is 92.4 Å². The molecule has 0 spiro atoms. The van der Waals surface area contributed by atoms with Crippen molar-refractivity contribution in [3.05, 3.63) is 0 Å². The molecule has 1 atom stereocenters. The lowest BCUT2D eigenvalue weighted by Gasteiger charge is -2.26. The molecule has 2 nitrogen and oxygen atoms in total. The van der Waals surface area contributed by atoms with Crippen molar-refractivity contribution in [1.29, 1.82) is 0 Å². The van der Waals surface area contributed by atoms with Gasteiger partial charge in [0.2, 0.25) is 0 Å². The van der Waals surface area contributed by atoms with Crippen LogP contribution in [0.15, 0.2) is 0 Å². The Morgan fingerprint density at radius 3 is 2.47 bits per heavy atom. The van der Waals surface area contributed by atoms with Crippen molar-refractivity contribution in [2.75, 3.05) is 25.9 Å². The first-order valence-corrected chi connectivity index (χ1v) is 6.03. The molecule has 0 aromatic carbocycles. The van der Waals surface area contributed by atoms with Gasteiger partial charge in [0.25, 0.3) is 0 Å². The number of hydrogen-bond donors (Lipinski definition) is 1. The molecule has 1 fully saturated rings. The van der Waals surface area contributed by atoms with Crippen molar-refractivity contribution >= 4 is 11.8 Å². The molecule has 6 heteroatoms. The molecular weight excluding hydrogens is 225 g/mol. The third kappa shape index (κ3) is 5.08. The molecule has 90 valence electrons. The van der Waals surface area contributed by atoms with Gasteiger partial charge < -0.3 is 10.6 Å². The maximum Gasteiger partial charge on any atom is 0.441 e. The Hall–Kier alpha value is 0.0600. The van der Waals surface area contributed by atoms with Crippen LogP contribution < -0.4 is 5.73 Å². The molecule has 1 aliphatic carbocycles. The summed E-state index contributed by atoms with van der Waals surface area (Å²) in [5, 5.41) is 0. The van der Waals surface area contributed by atoms with Gasteiger partial charge in [0.05, 0.1) is 0 Å². The number of halogens is 3. The molecule has 1 unspecified atom stereocenters. The third-order valence-corrected chi connectivity index (χ3v) is 3.40. The average molecular weight is 242 g/mol. The maximum atomic E-state index is 11.9. The highest BCUT2D eigenvalue weighted by Crippen LogP contribution is 2.35. The molecular formula is C9H17F3N2S. The van der Waals surface area contributed by atoms with E-state index >= 15 is 0 Å². The number of nitrogens with two attached hydrogens (primary N) is 1. The summed E-state index contributed by atoms with van der Waals surface area (Å²) in [4.78, 5) is 1.95. The van der Waals surface area contributed by atoms with Crippen LogP contribution in [0.5, 0.6) is 0 Å². The van der Waals surface area contributed by atoms with Gasteiger partial charge in [-0.3, -0.25) is 0 Å². The summed E-state index contributed by atoms with van der Waals surface area (Å²) in [6, 6.07) is 0.263. The van der Waals surface area contributed by atoms with Crippen LogP contribution in [0.4, 0.5) is 13.2 Å². The zero-order chi connectivity index (χ0) is 11.5. The first-order chi connectivity index (χ1) is 6.94. The highest BCUT2D eigenvalue weighted by Gasteiger charge is 2.33. The van der Waals surface area contributed by atoms with Gasteiger partial charge in [-0.25, -0.2) is 0 Å². The molecule has 1 rings (SSSR count). The van der Waals surface area contributed by atoms with Crippen LogP contribution in [0.2, 0.25) is 0 Å². The van der Waals surface area contributed by atoms with E-state index in [0.717, 1.165) is 0 Å². The van der Waals surface area contributed by atoms with Crippen LogP contribution in [0.3, 0.4) is 0 Å². The second kappa shape index (κ2) is 5.41. The van der Waals surface area contributed by atoms with Crippen LogP contribution >= 0.6 is 11.8 Å². The van der Waals surface area contributed by atoms with E-state index in [9.17, 15) is 13.2 Å². The lowest BCUT2D eigenvalue weighted by Crippen LogP contribution is -2.40. The number of hydrogen-bond acceptors (Lipinski definition) is 3. The lowest BCUT2D eigenvalue weighted by atomic mass is 10.1. The molecule has 1 saturated carbocycles. The molecule has 0 aromatic rings. The summed E-state index contributed by atoms with van der Waals surface area (Å²) >= 11 is 0.0394. The van der Waals surface area contributed by atoms with Crippen molar-refractivity contribution in [1.82, 2.24) is 4.90 Å². The number of thioether (sulfide) groups is 1. The van der Waals surface area contributed by atoms with E-state index in [1.807, 2.05) is 11.9 Å². The summed E-state index contributed by atoms with van der Waals surface area (Å²) in [6.45, 7) is 0.987. The largest absolute Gasteiger partial charge is 0.441 e. The fourth-order valence-electron chi connectivity index (χ4n) is 1.68. The van der Waals surface area contributed by atoms with E-state index in [0.29, 0.717) is 19.0 Å². The normalized spacial score (nSPS) is 19.6. The molecule has 0 aliphatic heterocycles. The predicted octanol–water partition coefficient (Wildman–Crippen LogP) is 1.91. The van der Waals surface area contributed by atoms with E-state index in [4.69, 9.17) is 5.73 Å². The van der Waals surface area contributed by atoms with Gasteiger partial charge >= 0.3 is 5.51 Å². The minimum Gasteiger partial charge on any atom is -0.329 e. The fraction of sp³-hybridized carbons (Fsp3) is 1.00. The Balaban J connectivity index is 2.19. The zero-order valence-corrected chi connectivity index (χ0v) is 9.57. The second-order valence-electron chi connectivity index (χ2n) is 3.92. The smallest absolute Gasteiger partial charge is 0.329 e. The van der Waals surface area contributed by atoms with Crippen molar-refractivity contribution in [3.8, 4) is 0 Å². The number of alkyl halides is 3. The summed E-state index contributed by atoms with van der Waals surface area (Å²) in [5.41, 5.74) is 1.49. The highest BCUT2D eigenvalue weighted by atomic mass is 32.2. The van der Waals surface area contributed by atoms with E-state index in [1.165, 1.54) is 12.8 Å². The molecule has 0 aromatic heterocycles. The van der Waals surface area contributed by atoms with Gasteiger partial charge in [-0.2, -0.15) is 13.2 Å². The summed E-state index contributed by atoms with van der Waals surface area (Å²) in [5.74, 6) is 0.694. The molecule has 1 aliphatic rings. The minimum atomic E-state index is -4.11. The molecule has 0 saturated heterocycles. The highest BCUT2D eigenvalue weighted by molar-refractivity contribution is 8.00. The van der Waals surface area contributed by atoms with Gasteiger partial charge in [0.1, 0.15) is 0 Å². The fourth-order valence-corrected chi connectivity index (χ4v) is 2.30. The zero-order valence-electron chi connectivity index (χ0n) is 8.76. The van der Waals surface area contributed by atoms with Gasteiger partial charge in [-0.1, -0.05) is 0 Å². The third-order valence-electron chi connectivity index (χ3n) is 2.68. The Morgan fingerprint density at radius 2 is 2.07 bits per heavy atom. The first kappa shape index (κ1) is 13.1. The molecule has 0 radical (unpaired) electrons. The van der Waals surface area contributed by atoms with Gasteiger partial charge in [-0.05, 0) is 37.6 Å². The van der Waals surface area contributed by atoms with E-state index in [1.54, 1.807) is 0 Å². The molecule has 0 bridgehead atoms. The summed E-state index contributed by atoms with van der Waals surface area (Å²) in [6.07, 6.45) is 2.33. The first-order valence-electron chi connectivity index (χ1n) is 5.05. The number of nitrogens with zero attached hydrogens (tertiary/aromatic N) is 1. The quantitative estimate of drug-likeness (QED) is 0.771. The van der Waals surface area contributed by atoms with Gasteiger partial charge in [0.15, 0.2) is 0 Å². The lowest BCUT2D eigenvalue weighted by molar-refractivity contribution is -0.0328. The number of likely N-dealkylation sites (N-methyl/N-ethyl adjacent to an activating group) is 1. The summed E-state index contributed by atoms with van der Waals surface area (Å²) in [7, 11) is 1.85. The molecule has 0 heterocycles. The second-order valence-corrected chi connectivity index (χ2v) is 5.08. The van der Waals surface area contributed by atoms with Crippen molar-refractivity contribution in [2.45, 2.75) is 24.4 Å². The minimum absolute atomic E-state index is 0.0394. The van der Waals surface area contributed by atoms with E-state index < -0.39 is 5.51 Å². The number of rotatable bonds is 6. The molecule has 2 N–H and O–H groups in total. The Morgan fingerprint density at radius 1 is 1.47 bits per heavy atom. The summed E-state index contributed by atoms with van der Waals surface area (Å²) < 4.78 is 35.6.